The predicted molar refractivity (Wildman–Crippen MR) is 82.3 cm³/mol. The van der Waals surface area contributed by atoms with Gasteiger partial charge in [-0.1, -0.05) is 11.6 Å². The molecule has 0 aliphatic carbocycles. The van der Waals surface area contributed by atoms with Gasteiger partial charge in [0.2, 0.25) is 0 Å². The summed E-state index contributed by atoms with van der Waals surface area (Å²) in [5.74, 6) is 1.82. The van der Waals surface area contributed by atoms with Crippen LogP contribution in [0, 0.1) is 0 Å². The van der Waals surface area contributed by atoms with Crippen LogP contribution in [0.3, 0.4) is 0 Å². The Morgan fingerprint density at radius 2 is 1.75 bits per heavy atom. The fraction of sp³-hybridized carbons (Fsp3) is 0.286. The molecule has 3 heterocycles. The van der Waals surface area contributed by atoms with E-state index in [1.165, 1.54) is 0 Å². The number of hydrogen-bond acceptors (Lipinski definition) is 5. The fourth-order valence-corrected chi connectivity index (χ4v) is 2.58. The molecule has 0 amide bonds. The second-order valence-electron chi connectivity index (χ2n) is 4.73. The van der Waals surface area contributed by atoms with Crippen molar-refractivity contribution in [3.63, 3.8) is 0 Å². The van der Waals surface area contributed by atoms with E-state index in [0.29, 0.717) is 10.7 Å². The molecule has 6 heteroatoms. The molecule has 3 rings (SSSR count). The lowest BCUT2D eigenvalue weighted by Gasteiger charge is -2.36. The topological polar surface area (TPSA) is 58.3 Å². The van der Waals surface area contributed by atoms with Crippen molar-refractivity contribution in [2.45, 2.75) is 0 Å². The second kappa shape index (κ2) is 5.54. The number of nitrogens with two attached hydrogens (primary N) is 1. The summed E-state index contributed by atoms with van der Waals surface area (Å²) in [5, 5.41) is 0.701. The van der Waals surface area contributed by atoms with E-state index in [9.17, 15) is 0 Å². The summed E-state index contributed by atoms with van der Waals surface area (Å²) in [6.07, 6.45) is 3.46. The Hall–Kier alpha value is -2.01. The van der Waals surface area contributed by atoms with Crippen LogP contribution >= 0.6 is 11.6 Å². The van der Waals surface area contributed by atoms with E-state index in [4.69, 9.17) is 17.3 Å². The highest BCUT2D eigenvalue weighted by molar-refractivity contribution is 6.32. The van der Waals surface area contributed by atoms with E-state index < -0.39 is 0 Å². The largest absolute Gasteiger partial charge is 0.397 e. The van der Waals surface area contributed by atoms with Crippen molar-refractivity contribution >= 4 is 28.9 Å². The number of nitrogens with zero attached hydrogens (tertiary/aromatic N) is 4. The molecule has 0 spiro atoms. The minimum Gasteiger partial charge on any atom is -0.397 e. The highest BCUT2D eigenvalue weighted by atomic mass is 35.5. The molecule has 1 aliphatic rings. The number of pyridine rings is 2. The van der Waals surface area contributed by atoms with Gasteiger partial charge in [-0.05, 0) is 24.3 Å². The standard InChI is InChI=1S/C14H16ClN5/c15-12-2-1-5-17-14(12)20-8-6-19(7-9-20)13-4-3-11(16)10-18-13/h1-5,10H,6-9,16H2. The van der Waals surface area contributed by atoms with Gasteiger partial charge in [0.15, 0.2) is 0 Å². The lowest BCUT2D eigenvalue weighted by atomic mass is 10.3. The zero-order valence-corrected chi connectivity index (χ0v) is 11.8. The zero-order chi connectivity index (χ0) is 13.9. The Balaban J connectivity index is 1.68. The van der Waals surface area contributed by atoms with Gasteiger partial charge in [-0.25, -0.2) is 9.97 Å². The van der Waals surface area contributed by atoms with Crippen molar-refractivity contribution in [3.05, 3.63) is 41.7 Å². The van der Waals surface area contributed by atoms with Crippen molar-refractivity contribution < 1.29 is 0 Å². The number of piperazine rings is 1. The quantitative estimate of drug-likeness (QED) is 0.917. The van der Waals surface area contributed by atoms with E-state index in [1.807, 2.05) is 24.3 Å². The Bertz CT molecular complexity index is 578. The second-order valence-corrected chi connectivity index (χ2v) is 5.14. The average molecular weight is 290 g/mol. The Morgan fingerprint density at radius 3 is 2.40 bits per heavy atom. The minimum absolute atomic E-state index is 0.688. The smallest absolute Gasteiger partial charge is 0.147 e. The van der Waals surface area contributed by atoms with Crippen LogP contribution in [-0.2, 0) is 0 Å². The van der Waals surface area contributed by atoms with Gasteiger partial charge >= 0.3 is 0 Å². The first-order valence-electron chi connectivity index (χ1n) is 6.56. The molecule has 20 heavy (non-hydrogen) atoms. The fourth-order valence-electron chi connectivity index (χ4n) is 2.34. The van der Waals surface area contributed by atoms with Crippen LogP contribution in [0.4, 0.5) is 17.3 Å². The third kappa shape index (κ3) is 2.63. The molecule has 0 bridgehead atoms. The Morgan fingerprint density at radius 1 is 1.00 bits per heavy atom. The molecule has 2 aromatic rings. The Labute approximate surface area is 123 Å². The zero-order valence-electron chi connectivity index (χ0n) is 11.0. The lowest BCUT2D eigenvalue weighted by Crippen LogP contribution is -2.47. The summed E-state index contributed by atoms with van der Waals surface area (Å²) in [6, 6.07) is 7.56. The van der Waals surface area contributed by atoms with E-state index >= 15 is 0 Å². The summed E-state index contributed by atoms with van der Waals surface area (Å²) in [7, 11) is 0. The number of aromatic nitrogens is 2. The first-order valence-corrected chi connectivity index (χ1v) is 6.94. The number of hydrogen-bond donors (Lipinski definition) is 1. The van der Waals surface area contributed by atoms with Crippen molar-refractivity contribution in [3.8, 4) is 0 Å². The van der Waals surface area contributed by atoms with Gasteiger partial charge < -0.3 is 15.5 Å². The molecule has 0 unspecified atom stereocenters. The summed E-state index contributed by atoms with van der Waals surface area (Å²) in [5.41, 5.74) is 6.35. The van der Waals surface area contributed by atoms with E-state index in [-0.39, 0.29) is 0 Å². The van der Waals surface area contributed by atoms with Crippen molar-refractivity contribution in [2.24, 2.45) is 0 Å². The molecule has 0 saturated carbocycles. The van der Waals surface area contributed by atoms with Crippen LogP contribution in [0.5, 0.6) is 0 Å². The number of halogens is 1. The summed E-state index contributed by atoms with van der Waals surface area (Å²) in [6.45, 7) is 3.54. The SMILES string of the molecule is Nc1ccc(N2CCN(c3ncccc3Cl)CC2)nc1. The molecule has 0 atom stereocenters. The van der Waals surface area contributed by atoms with E-state index in [0.717, 1.165) is 37.8 Å². The van der Waals surface area contributed by atoms with Crippen molar-refractivity contribution in [2.75, 3.05) is 41.7 Å². The normalized spacial score (nSPS) is 15.4. The van der Waals surface area contributed by atoms with E-state index in [1.54, 1.807) is 12.4 Å². The van der Waals surface area contributed by atoms with Gasteiger partial charge in [-0.15, -0.1) is 0 Å². The lowest BCUT2D eigenvalue weighted by molar-refractivity contribution is 0.642. The molecule has 5 nitrogen and oxygen atoms in total. The van der Waals surface area contributed by atoms with Gasteiger partial charge in [0, 0.05) is 32.4 Å². The van der Waals surface area contributed by atoms with Crippen molar-refractivity contribution in [1.82, 2.24) is 9.97 Å². The molecular weight excluding hydrogens is 274 g/mol. The molecule has 1 aliphatic heterocycles. The summed E-state index contributed by atoms with van der Waals surface area (Å²) < 4.78 is 0. The molecule has 0 aromatic carbocycles. The third-order valence-electron chi connectivity index (χ3n) is 3.41. The van der Waals surface area contributed by atoms with Gasteiger partial charge in [0.1, 0.15) is 11.6 Å². The average Bonchev–Trinajstić information content (AvgIpc) is 2.49. The molecule has 1 saturated heterocycles. The molecular formula is C14H16ClN5. The van der Waals surface area contributed by atoms with Gasteiger partial charge in [0.25, 0.3) is 0 Å². The number of nitrogen functional groups attached to an aromatic ring is 1. The van der Waals surface area contributed by atoms with Crippen LogP contribution in [0.25, 0.3) is 0 Å². The van der Waals surface area contributed by atoms with Crippen LogP contribution < -0.4 is 15.5 Å². The van der Waals surface area contributed by atoms with E-state index in [2.05, 4.69) is 19.8 Å². The van der Waals surface area contributed by atoms with Crippen LogP contribution in [0.15, 0.2) is 36.7 Å². The maximum Gasteiger partial charge on any atom is 0.147 e. The maximum absolute atomic E-state index is 6.18. The highest BCUT2D eigenvalue weighted by Crippen LogP contribution is 2.24. The molecule has 1 fully saturated rings. The number of anilines is 3. The monoisotopic (exact) mass is 289 g/mol. The first kappa shape index (κ1) is 13.0. The van der Waals surface area contributed by atoms with Crippen molar-refractivity contribution in [1.29, 1.82) is 0 Å². The molecule has 0 radical (unpaired) electrons. The van der Waals surface area contributed by atoms with Gasteiger partial charge in [-0.3, -0.25) is 0 Å². The molecule has 104 valence electrons. The first-order chi connectivity index (χ1) is 9.74. The summed E-state index contributed by atoms with van der Waals surface area (Å²) in [4.78, 5) is 13.2. The van der Waals surface area contributed by atoms with Gasteiger partial charge in [0.05, 0.1) is 16.9 Å². The number of rotatable bonds is 2. The minimum atomic E-state index is 0.688. The van der Waals surface area contributed by atoms with Crippen LogP contribution in [0.2, 0.25) is 5.02 Å². The maximum atomic E-state index is 6.18. The molecule has 2 N–H and O–H groups in total. The molecule has 2 aromatic heterocycles. The predicted octanol–water partition coefficient (Wildman–Crippen LogP) is 2.04. The van der Waals surface area contributed by atoms with Crippen LogP contribution in [0.1, 0.15) is 0 Å². The van der Waals surface area contributed by atoms with Crippen LogP contribution in [-0.4, -0.2) is 36.1 Å². The third-order valence-corrected chi connectivity index (χ3v) is 3.71. The highest BCUT2D eigenvalue weighted by Gasteiger charge is 2.20. The Kier molecular flexibility index (Phi) is 3.60. The van der Waals surface area contributed by atoms with Gasteiger partial charge in [-0.2, -0.15) is 0 Å². The summed E-state index contributed by atoms with van der Waals surface area (Å²) >= 11 is 6.18.